The van der Waals surface area contributed by atoms with Crippen molar-refractivity contribution in [2.45, 2.75) is 71.6 Å². The van der Waals surface area contributed by atoms with Gasteiger partial charge in [-0.3, -0.25) is 9.59 Å². The Balaban J connectivity index is 2.73. The highest BCUT2D eigenvalue weighted by Gasteiger charge is 2.42. The molecule has 0 fully saturated rings. The number of carbonyl (C=O) groups is 2. The number of ether oxygens (including phenoxy) is 3. The largest absolute Gasteiger partial charge is 0.493 e. The Labute approximate surface area is 175 Å². The molecule has 0 bridgehead atoms. The Bertz CT molecular complexity index is 767. The SMILES string of the molecule is COC(=O)CC1COc2c(cc(C(C)(C)C)cc2C(C)(C)C)C1C(C)C(=O)OC. The van der Waals surface area contributed by atoms with E-state index in [-0.39, 0.29) is 41.0 Å². The summed E-state index contributed by atoms with van der Waals surface area (Å²) in [6.07, 6.45) is 0.201. The van der Waals surface area contributed by atoms with E-state index in [0.717, 1.165) is 16.9 Å². The number of benzene rings is 1. The van der Waals surface area contributed by atoms with Gasteiger partial charge in [-0.25, -0.2) is 0 Å². The fraction of sp³-hybridized carbons (Fsp3) is 0.667. The topological polar surface area (TPSA) is 61.8 Å². The van der Waals surface area contributed by atoms with Crippen molar-refractivity contribution in [1.82, 2.24) is 0 Å². The van der Waals surface area contributed by atoms with Crippen molar-refractivity contribution in [3.63, 3.8) is 0 Å². The van der Waals surface area contributed by atoms with E-state index in [4.69, 9.17) is 14.2 Å². The van der Waals surface area contributed by atoms with E-state index in [2.05, 4.69) is 53.7 Å². The van der Waals surface area contributed by atoms with Gasteiger partial charge >= 0.3 is 11.9 Å². The lowest BCUT2D eigenvalue weighted by molar-refractivity contribution is -0.148. The molecule has 0 amide bonds. The zero-order valence-electron chi connectivity index (χ0n) is 19.3. The molecule has 1 aromatic rings. The highest BCUT2D eigenvalue weighted by molar-refractivity contribution is 5.75. The second-order valence-electron chi connectivity index (χ2n) is 10.1. The smallest absolute Gasteiger partial charge is 0.309 e. The van der Waals surface area contributed by atoms with Crippen LogP contribution in [0, 0.1) is 11.8 Å². The van der Waals surface area contributed by atoms with Gasteiger partial charge in [-0.05, 0) is 22.0 Å². The minimum atomic E-state index is -0.402. The number of esters is 2. The van der Waals surface area contributed by atoms with Gasteiger partial charge in [0.15, 0.2) is 0 Å². The molecular formula is C24H36O5. The minimum Gasteiger partial charge on any atom is -0.493 e. The molecule has 0 aromatic heterocycles. The standard InChI is InChI=1S/C24H36O5/c1-14(22(26)28-9)20-15(10-19(25)27-8)13-29-21-17(20)11-16(23(2,3)4)12-18(21)24(5,6)7/h11-12,14-15,20H,10,13H2,1-9H3. The van der Waals surface area contributed by atoms with E-state index in [0.29, 0.717) is 6.61 Å². The lowest BCUT2D eigenvalue weighted by Crippen LogP contribution is -2.36. The van der Waals surface area contributed by atoms with Crippen LogP contribution in [0.2, 0.25) is 0 Å². The molecule has 1 aliphatic rings. The molecule has 3 unspecified atom stereocenters. The monoisotopic (exact) mass is 404 g/mol. The van der Waals surface area contributed by atoms with Crippen LogP contribution in [0.25, 0.3) is 0 Å². The van der Waals surface area contributed by atoms with Crippen molar-refractivity contribution in [3.05, 3.63) is 28.8 Å². The van der Waals surface area contributed by atoms with Gasteiger partial charge in [-0.15, -0.1) is 0 Å². The molecule has 29 heavy (non-hydrogen) atoms. The maximum Gasteiger partial charge on any atom is 0.309 e. The van der Waals surface area contributed by atoms with Crippen molar-refractivity contribution < 1.29 is 23.8 Å². The molecule has 1 aliphatic heterocycles. The van der Waals surface area contributed by atoms with Gasteiger partial charge in [-0.2, -0.15) is 0 Å². The molecule has 5 nitrogen and oxygen atoms in total. The average molecular weight is 405 g/mol. The van der Waals surface area contributed by atoms with Crippen LogP contribution >= 0.6 is 0 Å². The number of fused-ring (bicyclic) bond motifs is 1. The summed E-state index contributed by atoms with van der Waals surface area (Å²) in [6.45, 7) is 15.3. The third kappa shape index (κ3) is 4.93. The summed E-state index contributed by atoms with van der Waals surface area (Å²) < 4.78 is 16.2. The van der Waals surface area contributed by atoms with Gasteiger partial charge in [-0.1, -0.05) is 60.6 Å². The van der Waals surface area contributed by atoms with Gasteiger partial charge in [0.25, 0.3) is 0 Å². The second-order valence-corrected chi connectivity index (χ2v) is 10.1. The van der Waals surface area contributed by atoms with Crippen molar-refractivity contribution in [2.75, 3.05) is 20.8 Å². The number of hydrogen-bond donors (Lipinski definition) is 0. The zero-order valence-corrected chi connectivity index (χ0v) is 19.3. The fourth-order valence-electron chi connectivity index (χ4n) is 4.09. The lowest BCUT2D eigenvalue weighted by atomic mass is 9.70. The van der Waals surface area contributed by atoms with E-state index in [1.807, 2.05) is 6.92 Å². The van der Waals surface area contributed by atoms with Gasteiger partial charge in [0, 0.05) is 17.4 Å². The third-order valence-electron chi connectivity index (χ3n) is 5.87. The van der Waals surface area contributed by atoms with Gasteiger partial charge in [0.1, 0.15) is 5.75 Å². The first-order chi connectivity index (χ1) is 13.3. The van der Waals surface area contributed by atoms with E-state index < -0.39 is 5.92 Å². The Hall–Kier alpha value is -2.04. The van der Waals surface area contributed by atoms with E-state index in [1.54, 1.807) is 0 Å². The van der Waals surface area contributed by atoms with Gasteiger partial charge in [0.05, 0.1) is 33.2 Å². The molecule has 2 rings (SSSR count). The molecule has 162 valence electrons. The van der Waals surface area contributed by atoms with Crippen molar-refractivity contribution in [3.8, 4) is 5.75 Å². The molecule has 0 saturated carbocycles. The zero-order chi connectivity index (χ0) is 22.1. The summed E-state index contributed by atoms with van der Waals surface area (Å²) >= 11 is 0. The number of rotatable bonds is 4. The summed E-state index contributed by atoms with van der Waals surface area (Å²) in [4.78, 5) is 24.6. The molecule has 1 heterocycles. The number of carbonyl (C=O) groups excluding carboxylic acids is 2. The highest BCUT2D eigenvalue weighted by atomic mass is 16.5. The molecule has 0 saturated heterocycles. The normalized spacial score (nSPS) is 20.3. The van der Waals surface area contributed by atoms with E-state index in [1.165, 1.54) is 19.8 Å². The first-order valence-electron chi connectivity index (χ1n) is 10.3. The minimum absolute atomic E-state index is 0.0661. The lowest BCUT2D eigenvalue weighted by Gasteiger charge is -2.39. The molecule has 0 radical (unpaired) electrons. The van der Waals surface area contributed by atoms with Crippen LogP contribution in [0.5, 0.6) is 5.75 Å². The molecule has 0 aliphatic carbocycles. The Morgan fingerprint density at radius 2 is 1.69 bits per heavy atom. The fourth-order valence-corrected chi connectivity index (χ4v) is 4.09. The Kier molecular flexibility index (Phi) is 6.71. The molecule has 0 N–H and O–H groups in total. The molecule has 3 atom stereocenters. The van der Waals surface area contributed by atoms with E-state index in [9.17, 15) is 9.59 Å². The predicted octanol–water partition coefficient (Wildman–Crippen LogP) is 4.75. The van der Waals surface area contributed by atoms with Gasteiger partial charge in [0.2, 0.25) is 0 Å². The summed E-state index contributed by atoms with van der Waals surface area (Å²) in [5, 5.41) is 0. The van der Waals surface area contributed by atoms with Crippen LogP contribution in [0.1, 0.15) is 77.5 Å². The van der Waals surface area contributed by atoms with Crippen molar-refractivity contribution in [2.24, 2.45) is 11.8 Å². The molecular weight excluding hydrogens is 368 g/mol. The number of methoxy groups -OCH3 is 2. The summed E-state index contributed by atoms with van der Waals surface area (Å²) in [6, 6.07) is 4.37. The Morgan fingerprint density at radius 3 is 2.17 bits per heavy atom. The maximum absolute atomic E-state index is 12.5. The first-order valence-corrected chi connectivity index (χ1v) is 10.3. The second kappa shape index (κ2) is 8.37. The quantitative estimate of drug-likeness (QED) is 0.678. The van der Waals surface area contributed by atoms with Crippen LogP contribution in [-0.2, 0) is 29.9 Å². The van der Waals surface area contributed by atoms with Crippen LogP contribution in [-0.4, -0.2) is 32.8 Å². The van der Waals surface area contributed by atoms with Crippen LogP contribution < -0.4 is 4.74 Å². The highest BCUT2D eigenvalue weighted by Crippen LogP contribution is 2.49. The third-order valence-corrected chi connectivity index (χ3v) is 5.87. The van der Waals surface area contributed by atoms with Crippen LogP contribution in [0.3, 0.4) is 0 Å². The van der Waals surface area contributed by atoms with Crippen molar-refractivity contribution in [1.29, 1.82) is 0 Å². The molecule has 5 heteroatoms. The number of hydrogen-bond acceptors (Lipinski definition) is 5. The summed E-state index contributed by atoms with van der Waals surface area (Å²) in [7, 11) is 2.79. The van der Waals surface area contributed by atoms with Crippen LogP contribution in [0.15, 0.2) is 12.1 Å². The Morgan fingerprint density at radius 1 is 1.07 bits per heavy atom. The molecule has 1 aromatic carbocycles. The summed E-state index contributed by atoms with van der Waals surface area (Å²) in [5.41, 5.74) is 3.10. The van der Waals surface area contributed by atoms with Crippen LogP contribution in [0.4, 0.5) is 0 Å². The van der Waals surface area contributed by atoms with E-state index >= 15 is 0 Å². The average Bonchev–Trinajstić information content (AvgIpc) is 2.63. The van der Waals surface area contributed by atoms with Gasteiger partial charge < -0.3 is 14.2 Å². The predicted molar refractivity (Wildman–Crippen MR) is 113 cm³/mol. The summed E-state index contributed by atoms with van der Waals surface area (Å²) in [5.74, 6) is -0.489. The van der Waals surface area contributed by atoms with Crippen molar-refractivity contribution >= 4 is 11.9 Å². The molecule has 0 spiro atoms. The first kappa shape index (κ1) is 23.2. The maximum atomic E-state index is 12.5.